The molecule has 0 saturated heterocycles. The molecule has 2 N–H and O–H groups in total. The summed E-state index contributed by atoms with van der Waals surface area (Å²) in [7, 11) is 1.77. The van der Waals surface area contributed by atoms with E-state index in [9.17, 15) is 0 Å². The molecule has 0 amide bonds. The van der Waals surface area contributed by atoms with Gasteiger partial charge < -0.3 is 10.5 Å². The van der Waals surface area contributed by atoms with Gasteiger partial charge in [-0.25, -0.2) is 0 Å². The molecule has 2 rings (SSSR count). The summed E-state index contributed by atoms with van der Waals surface area (Å²) in [5.41, 5.74) is 8.70. The van der Waals surface area contributed by atoms with Crippen LogP contribution in [0.2, 0.25) is 0 Å². The number of nitrogens with two attached hydrogens (primary N) is 1. The summed E-state index contributed by atoms with van der Waals surface area (Å²) in [5, 5.41) is 0. The fourth-order valence-corrected chi connectivity index (χ4v) is 3.15. The Kier molecular flexibility index (Phi) is 4.51. The molecule has 1 aromatic rings. The van der Waals surface area contributed by atoms with Gasteiger partial charge in [0.25, 0.3) is 0 Å². The van der Waals surface area contributed by atoms with Gasteiger partial charge in [-0.05, 0) is 56.2 Å². The fraction of sp³-hybridized carbons (Fsp3) is 0.647. The van der Waals surface area contributed by atoms with Crippen LogP contribution in [-0.2, 0) is 6.42 Å². The molecule has 0 unspecified atom stereocenters. The highest BCUT2D eigenvalue weighted by Gasteiger charge is 2.20. The summed E-state index contributed by atoms with van der Waals surface area (Å²) in [6, 6.07) is 6.59. The largest absolute Gasteiger partial charge is 0.496 e. The van der Waals surface area contributed by atoms with Gasteiger partial charge in [-0.15, -0.1) is 0 Å². The van der Waals surface area contributed by atoms with E-state index < -0.39 is 0 Å². The van der Waals surface area contributed by atoms with Gasteiger partial charge in [-0.3, -0.25) is 0 Å². The smallest absolute Gasteiger partial charge is 0.122 e. The van der Waals surface area contributed by atoms with Crippen molar-refractivity contribution in [3.63, 3.8) is 0 Å². The van der Waals surface area contributed by atoms with E-state index in [4.69, 9.17) is 10.5 Å². The molecule has 2 heteroatoms. The number of hydrogen-bond acceptors (Lipinski definition) is 2. The Morgan fingerprint density at radius 1 is 1.21 bits per heavy atom. The second-order valence-electron chi connectivity index (χ2n) is 6.58. The van der Waals surface area contributed by atoms with Gasteiger partial charge in [-0.1, -0.05) is 31.4 Å². The Morgan fingerprint density at radius 3 is 2.47 bits per heavy atom. The monoisotopic (exact) mass is 261 g/mol. The van der Waals surface area contributed by atoms with Crippen LogP contribution >= 0.6 is 0 Å². The maximum atomic E-state index is 6.14. The predicted octanol–water partition coefficient (Wildman–Crippen LogP) is 4.02. The van der Waals surface area contributed by atoms with E-state index in [1.807, 2.05) is 0 Å². The second kappa shape index (κ2) is 5.96. The number of hydrogen-bond donors (Lipinski definition) is 1. The summed E-state index contributed by atoms with van der Waals surface area (Å²) in [4.78, 5) is 0. The summed E-state index contributed by atoms with van der Waals surface area (Å²) >= 11 is 0. The summed E-state index contributed by atoms with van der Waals surface area (Å²) in [5.74, 6) is 1.72. The van der Waals surface area contributed by atoms with Crippen molar-refractivity contribution >= 4 is 0 Å². The van der Waals surface area contributed by atoms with Gasteiger partial charge in [0.15, 0.2) is 0 Å². The first-order valence-electron chi connectivity index (χ1n) is 7.45. The van der Waals surface area contributed by atoms with Crippen LogP contribution in [0.25, 0.3) is 0 Å². The maximum Gasteiger partial charge on any atom is 0.122 e. The Balaban J connectivity index is 2.25. The molecular weight excluding hydrogens is 234 g/mol. The molecule has 0 bridgehead atoms. The molecule has 0 atom stereocenters. The van der Waals surface area contributed by atoms with E-state index in [2.05, 4.69) is 32.0 Å². The Hall–Kier alpha value is -1.02. The molecule has 1 aliphatic carbocycles. The first kappa shape index (κ1) is 14.4. The van der Waals surface area contributed by atoms with Crippen molar-refractivity contribution in [3.8, 4) is 5.75 Å². The lowest BCUT2D eigenvalue weighted by molar-refractivity contribution is 0.386. The number of rotatable bonds is 4. The van der Waals surface area contributed by atoms with E-state index in [0.29, 0.717) is 5.92 Å². The molecule has 2 nitrogen and oxygen atoms in total. The maximum absolute atomic E-state index is 6.14. The van der Waals surface area contributed by atoms with Crippen LogP contribution in [0.4, 0.5) is 0 Å². The van der Waals surface area contributed by atoms with E-state index >= 15 is 0 Å². The molecule has 1 aromatic carbocycles. The number of ether oxygens (including phenoxy) is 1. The van der Waals surface area contributed by atoms with Crippen molar-refractivity contribution in [2.45, 2.75) is 63.8 Å². The van der Waals surface area contributed by atoms with E-state index in [0.717, 1.165) is 12.2 Å². The van der Waals surface area contributed by atoms with Gasteiger partial charge in [0.1, 0.15) is 5.75 Å². The van der Waals surface area contributed by atoms with Crippen molar-refractivity contribution in [3.05, 3.63) is 29.3 Å². The van der Waals surface area contributed by atoms with Gasteiger partial charge in [-0.2, -0.15) is 0 Å². The Labute approximate surface area is 117 Å². The van der Waals surface area contributed by atoms with Crippen LogP contribution in [0.15, 0.2) is 18.2 Å². The first-order valence-corrected chi connectivity index (χ1v) is 7.45. The minimum absolute atomic E-state index is 0.154. The highest BCUT2D eigenvalue weighted by molar-refractivity contribution is 5.40. The highest BCUT2D eigenvalue weighted by atomic mass is 16.5. The van der Waals surface area contributed by atoms with E-state index in [-0.39, 0.29) is 5.54 Å². The average Bonchev–Trinajstić information content (AvgIpc) is 2.38. The third kappa shape index (κ3) is 3.97. The average molecular weight is 261 g/mol. The lowest BCUT2D eigenvalue weighted by atomic mass is 9.82. The normalized spacial score (nSPS) is 17.5. The van der Waals surface area contributed by atoms with Gasteiger partial charge in [0.2, 0.25) is 0 Å². The zero-order chi connectivity index (χ0) is 13.9. The lowest BCUT2D eigenvalue weighted by Crippen LogP contribution is -2.34. The van der Waals surface area contributed by atoms with E-state index in [1.165, 1.54) is 43.2 Å². The molecule has 106 valence electrons. The van der Waals surface area contributed by atoms with Crippen molar-refractivity contribution in [1.82, 2.24) is 0 Å². The zero-order valence-electron chi connectivity index (χ0n) is 12.5. The van der Waals surface area contributed by atoms with Gasteiger partial charge >= 0.3 is 0 Å². The van der Waals surface area contributed by atoms with Crippen LogP contribution in [-0.4, -0.2) is 12.6 Å². The van der Waals surface area contributed by atoms with Crippen LogP contribution in [0, 0.1) is 0 Å². The Morgan fingerprint density at radius 2 is 1.89 bits per heavy atom. The third-order valence-electron chi connectivity index (χ3n) is 4.00. The van der Waals surface area contributed by atoms with Crippen LogP contribution in [0.5, 0.6) is 5.75 Å². The minimum Gasteiger partial charge on any atom is -0.496 e. The molecule has 0 aromatic heterocycles. The highest BCUT2D eigenvalue weighted by Crippen LogP contribution is 2.38. The number of methoxy groups -OCH3 is 1. The zero-order valence-corrected chi connectivity index (χ0v) is 12.5. The van der Waals surface area contributed by atoms with Crippen molar-refractivity contribution in [1.29, 1.82) is 0 Å². The predicted molar refractivity (Wildman–Crippen MR) is 80.8 cm³/mol. The summed E-state index contributed by atoms with van der Waals surface area (Å²) in [6.07, 6.45) is 7.59. The molecule has 0 radical (unpaired) electrons. The number of benzene rings is 1. The van der Waals surface area contributed by atoms with Gasteiger partial charge in [0.05, 0.1) is 7.11 Å². The summed E-state index contributed by atoms with van der Waals surface area (Å²) < 4.78 is 5.55. The SMILES string of the molecule is COc1ccc(CC(C)(C)N)cc1C1CCCCC1. The van der Waals surface area contributed by atoms with Crippen molar-refractivity contribution in [2.24, 2.45) is 5.73 Å². The summed E-state index contributed by atoms with van der Waals surface area (Å²) in [6.45, 7) is 4.16. The minimum atomic E-state index is -0.154. The second-order valence-corrected chi connectivity index (χ2v) is 6.58. The van der Waals surface area contributed by atoms with Crippen LogP contribution in [0.3, 0.4) is 0 Å². The molecule has 0 aliphatic heterocycles. The topological polar surface area (TPSA) is 35.2 Å². The molecule has 1 saturated carbocycles. The molecule has 19 heavy (non-hydrogen) atoms. The van der Waals surface area contributed by atoms with E-state index in [1.54, 1.807) is 7.11 Å². The Bertz CT molecular complexity index is 414. The van der Waals surface area contributed by atoms with Crippen molar-refractivity contribution in [2.75, 3.05) is 7.11 Å². The van der Waals surface area contributed by atoms with Crippen LogP contribution < -0.4 is 10.5 Å². The quantitative estimate of drug-likeness (QED) is 0.888. The molecule has 0 spiro atoms. The third-order valence-corrected chi connectivity index (χ3v) is 4.00. The molecular formula is C17H27NO. The van der Waals surface area contributed by atoms with Crippen LogP contribution in [0.1, 0.15) is 63.0 Å². The van der Waals surface area contributed by atoms with Gasteiger partial charge in [0, 0.05) is 5.54 Å². The first-order chi connectivity index (χ1) is 8.99. The molecule has 1 aliphatic rings. The lowest BCUT2D eigenvalue weighted by Gasteiger charge is -2.25. The molecule has 0 heterocycles. The standard InChI is InChI=1S/C17H27NO/c1-17(2,18)12-13-9-10-16(19-3)15(11-13)14-7-5-4-6-8-14/h9-11,14H,4-8,12,18H2,1-3H3. The molecule has 1 fully saturated rings. The van der Waals surface area contributed by atoms with Crippen molar-refractivity contribution < 1.29 is 4.74 Å². The fourth-order valence-electron chi connectivity index (χ4n) is 3.15.